The van der Waals surface area contributed by atoms with E-state index in [0.717, 1.165) is 44.9 Å². The maximum atomic E-state index is 12.8. The number of fused-ring (bicyclic) bond motifs is 7. The molecule has 8 unspecified atom stereocenters. The lowest BCUT2D eigenvalue weighted by Gasteiger charge is -2.66. The average Bonchev–Trinajstić information content (AvgIpc) is 2.75. The van der Waals surface area contributed by atoms with E-state index in [0.29, 0.717) is 17.8 Å². The Hall–Kier alpha value is -1.32. The van der Waals surface area contributed by atoms with Crippen molar-refractivity contribution in [2.75, 3.05) is 0 Å². The second-order valence-corrected chi connectivity index (χ2v) is 15.0. The quantitative estimate of drug-likeness (QED) is 0.327. The van der Waals surface area contributed by atoms with Crippen molar-refractivity contribution in [3.63, 3.8) is 0 Å². The first-order valence-corrected chi connectivity index (χ1v) is 14.3. The molecule has 0 aromatic carbocycles. The van der Waals surface area contributed by atoms with E-state index in [2.05, 4.69) is 47.6 Å². The van der Waals surface area contributed by atoms with Gasteiger partial charge in [-0.2, -0.15) is 0 Å². The molecule has 4 fully saturated rings. The summed E-state index contributed by atoms with van der Waals surface area (Å²) in [4.78, 5) is 24.6. The third kappa shape index (κ3) is 3.51. The molecule has 4 saturated carbocycles. The van der Waals surface area contributed by atoms with Crippen molar-refractivity contribution in [1.82, 2.24) is 0 Å². The molecule has 35 heavy (non-hydrogen) atoms. The highest BCUT2D eigenvalue weighted by Gasteiger charge is 2.65. The Morgan fingerprint density at radius 1 is 0.914 bits per heavy atom. The lowest BCUT2D eigenvalue weighted by Crippen LogP contribution is -2.61. The van der Waals surface area contributed by atoms with Crippen molar-refractivity contribution in [1.29, 1.82) is 0 Å². The minimum absolute atomic E-state index is 0.00313. The minimum atomic E-state index is -0.578. The van der Waals surface area contributed by atoms with E-state index in [4.69, 9.17) is 4.74 Å². The summed E-state index contributed by atoms with van der Waals surface area (Å²) < 4.78 is 5.84. The van der Waals surface area contributed by atoms with Gasteiger partial charge in [0.25, 0.3) is 0 Å². The van der Waals surface area contributed by atoms with Gasteiger partial charge in [-0.25, -0.2) is 0 Å². The summed E-state index contributed by atoms with van der Waals surface area (Å²) in [5.41, 5.74) is 1.49. The summed E-state index contributed by atoms with van der Waals surface area (Å²) in [6.07, 6.45) is 12.8. The molecule has 4 nitrogen and oxygen atoms in total. The second-order valence-electron chi connectivity index (χ2n) is 15.0. The van der Waals surface area contributed by atoms with Gasteiger partial charge in [-0.1, -0.05) is 53.2 Å². The maximum Gasteiger partial charge on any atom is 0.310 e. The first-order chi connectivity index (χ1) is 16.2. The summed E-state index contributed by atoms with van der Waals surface area (Å²) >= 11 is 0. The SMILES string of the molecule is CC(=O)OC1CCC2(C)C3CCC4(C)C(=CCC5(C(=O)O)CCC(C)(C)CC45)C3CCC2C1(C)C. The predicted molar refractivity (Wildman–Crippen MR) is 138 cm³/mol. The van der Waals surface area contributed by atoms with Crippen molar-refractivity contribution in [3.05, 3.63) is 11.6 Å². The standard InChI is InChI=1S/C31H48O4/c1-19(32)35-25-12-14-29(6)21-10-13-30(7)22(20(21)8-9-23(29)28(25,4)5)11-15-31(26(33)34)17-16-27(2,3)18-24(30)31/h11,20-21,23-25H,8-10,12-18H2,1-7H3,(H,33,34). The fraction of sp³-hybridized carbons (Fsp3) is 0.871. The van der Waals surface area contributed by atoms with Crippen molar-refractivity contribution in [2.45, 2.75) is 119 Å². The molecule has 0 aromatic rings. The number of rotatable bonds is 2. The number of carboxylic acids is 1. The molecule has 5 aliphatic rings. The van der Waals surface area contributed by atoms with E-state index in [1.807, 2.05) is 0 Å². The fourth-order valence-corrected chi connectivity index (χ4v) is 10.6. The molecule has 0 saturated heterocycles. The number of esters is 1. The molecule has 8 atom stereocenters. The minimum Gasteiger partial charge on any atom is -0.481 e. The maximum absolute atomic E-state index is 12.8. The zero-order chi connectivity index (χ0) is 25.6. The molecule has 0 heterocycles. The third-order valence-electron chi connectivity index (χ3n) is 12.5. The topological polar surface area (TPSA) is 63.6 Å². The number of hydrogen-bond acceptors (Lipinski definition) is 3. The van der Waals surface area contributed by atoms with E-state index >= 15 is 0 Å². The van der Waals surface area contributed by atoms with Gasteiger partial charge < -0.3 is 9.84 Å². The first-order valence-electron chi connectivity index (χ1n) is 14.3. The van der Waals surface area contributed by atoms with Gasteiger partial charge in [0.2, 0.25) is 0 Å². The van der Waals surface area contributed by atoms with Crippen molar-refractivity contribution in [2.24, 2.45) is 50.7 Å². The van der Waals surface area contributed by atoms with Crippen molar-refractivity contribution < 1.29 is 19.4 Å². The van der Waals surface area contributed by atoms with Crippen LogP contribution in [0.5, 0.6) is 0 Å². The Labute approximate surface area is 212 Å². The molecule has 0 amide bonds. The summed E-state index contributed by atoms with van der Waals surface area (Å²) in [6, 6.07) is 0. The van der Waals surface area contributed by atoms with Gasteiger partial charge in [0.05, 0.1) is 5.41 Å². The van der Waals surface area contributed by atoms with Crippen LogP contribution in [-0.4, -0.2) is 23.1 Å². The summed E-state index contributed by atoms with van der Waals surface area (Å²) in [7, 11) is 0. The monoisotopic (exact) mass is 484 g/mol. The van der Waals surface area contributed by atoms with Crippen molar-refractivity contribution in [3.8, 4) is 0 Å². The molecule has 0 bridgehead atoms. The van der Waals surface area contributed by atoms with Gasteiger partial charge in [0, 0.05) is 12.3 Å². The molecule has 5 rings (SSSR count). The number of ether oxygens (including phenoxy) is 1. The van der Waals surface area contributed by atoms with Crippen LogP contribution in [0.1, 0.15) is 113 Å². The van der Waals surface area contributed by atoms with Crippen LogP contribution < -0.4 is 0 Å². The number of carbonyl (C=O) groups is 2. The smallest absolute Gasteiger partial charge is 0.310 e. The van der Waals surface area contributed by atoms with E-state index in [9.17, 15) is 14.7 Å². The summed E-state index contributed by atoms with van der Waals surface area (Å²) in [5.74, 6) is 1.30. The molecule has 196 valence electrons. The van der Waals surface area contributed by atoms with Gasteiger partial charge in [-0.3, -0.25) is 9.59 Å². The van der Waals surface area contributed by atoms with Crippen LogP contribution in [0.2, 0.25) is 0 Å². The number of carboxylic acid groups (broad SMARTS) is 1. The summed E-state index contributed by atoms with van der Waals surface area (Å²) in [6.45, 7) is 15.9. The largest absolute Gasteiger partial charge is 0.481 e. The predicted octanol–water partition coefficient (Wildman–Crippen LogP) is 7.41. The van der Waals surface area contributed by atoms with Crippen LogP contribution in [0.4, 0.5) is 0 Å². The molecular formula is C31H48O4. The van der Waals surface area contributed by atoms with Crippen LogP contribution in [0.25, 0.3) is 0 Å². The Morgan fingerprint density at radius 3 is 2.29 bits per heavy atom. The highest BCUT2D eigenvalue weighted by atomic mass is 16.5. The molecule has 4 heteroatoms. The van der Waals surface area contributed by atoms with Gasteiger partial charge >= 0.3 is 11.9 Å². The number of hydrogen-bond donors (Lipinski definition) is 1. The van der Waals surface area contributed by atoms with Crippen molar-refractivity contribution >= 4 is 11.9 Å². The Morgan fingerprint density at radius 2 is 1.63 bits per heavy atom. The Bertz CT molecular complexity index is 946. The van der Waals surface area contributed by atoms with E-state index in [-0.39, 0.29) is 39.7 Å². The van der Waals surface area contributed by atoms with E-state index < -0.39 is 11.4 Å². The molecule has 0 aromatic heterocycles. The third-order valence-corrected chi connectivity index (χ3v) is 12.5. The van der Waals surface area contributed by atoms with Gasteiger partial charge in [0.15, 0.2) is 0 Å². The molecule has 5 aliphatic carbocycles. The van der Waals surface area contributed by atoms with Gasteiger partial charge in [0.1, 0.15) is 6.10 Å². The number of allylic oxidation sites excluding steroid dienone is 2. The fourth-order valence-electron chi connectivity index (χ4n) is 10.6. The van der Waals surface area contributed by atoms with Gasteiger partial charge in [-0.15, -0.1) is 0 Å². The molecular weight excluding hydrogens is 436 g/mol. The molecule has 0 spiro atoms. The van der Waals surface area contributed by atoms with E-state index in [1.54, 1.807) is 12.5 Å². The van der Waals surface area contributed by atoms with Crippen LogP contribution in [0, 0.1) is 50.7 Å². The Balaban J connectivity index is 1.49. The van der Waals surface area contributed by atoms with Crippen LogP contribution in [0.15, 0.2) is 11.6 Å². The number of aliphatic carboxylic acids is 1. The second kappa shape index (κ2) is 7.84. The first kappa shape index (κ1) is 25.3. The van der Waals surface area contributed by atoms with Crippen LogP contribution >= 0.6 is 0 Å². The highest BCUT2D eigenvalue weighted by Crippen LogP contribution is 2.71. The number of carbonyl (C=O) groups excluding carboxylic acids is 1. The highest BCUT2D eigenvalue weighted by molar-refractivity contribution is 5.76. The summed E-state index contributed by atoms with van der Waals surface area (Å²) in [5, 5.41) is 10.5. The zero-order valence-electron chi connectivity index (χ0n) is 23.2. The molecule has 1 N–H and O–H groups in total. The lowest BCUT2D eigenvalue weighted by molar-refractivity contribution is -0.188. The van der Waals surface area contributed by atoms with Crippen LogP contribution in [-0.2, 0) is 14.3 Å². The lowest BCUT2D eigenvalue weighted by atomic mass is 9.38. The van der Waals surface area contributed by atoms with Crippen LogP contribution in [0.3, 0.4) is 0 Å². The normalized spacial score (nSPS) is 47.7. The van der Waals surface area contributed by atoms with Gasteiger partial charge in [-0.05, 0) is 104 Å². The average molecular weight is 485 g/mol. The Kier molecular flexibility index (Phi) is 5.67. The zero-order valence-corrected chi connectivity index (χ0v) is 23.2. The van der Waals surface area contributed by atoms with E-state index in [1.165, 1.54) is 19.3 Å². The molecule has 0 radical (unpaired) electrons. The molecule has 0 aliphatic heterocycles.